The maximum absolute atomic E-state index is 9.50. The van der Waals surface area contributed by atoms with Gasteiger partial charge in [-0.3, -0.25) is 0 Å². The van der Waals surface area contributed by atoms with Crippen LogP contribution in [0.1, 0.15) is 13.8 Å². The molecule has 0 aromatic heterocycles. The quantitative estimate of drug-likeness (QED) is 0.322. The van der Waals surface area contributed by atoms with Crippen molar-refractivity contribution in [1.82, 2.24) is 0 Å². The Balaban J connectivity index is -0.000000180. The molecule has 0 aliphatic heterocycles. The molecular formula is C6H6NiO6S2. The summed E-state index contributed by atoms with van der Waals surface area (Å²) in [7, 11) is -8.57. The maximum Gasteiger partial charge on any atom is 2.00 e. The Kier molecular flexibility index (Phi) is 11.6. The van der Waals surface area contributed by atoms with Crippen molar-refractivity contribution in [3.8, 4) is 22.3 Å². The van der Waals surface area contributed by atoms with Crippen LogP contribution in [0, 0.1) is 22.3 Å². The molecule has 0 amide bonds. The van der Waals surface area contributed by atoms with Gasteiger partial charge in [0.25, 0.3) is 0 Å². The van der Waals surface area contributed by atoms with Gasteiger partial charge in [0.05, 0.1) is 0 Å². The fraction of sp³-hybridized carbons (Fsp3) is 0.333. The minimum absolute atomic E-state index is 0. The van der Waals surface area contributed by atoms with Gasteiger partial charge in [0.15, 0.2) is 20.2 Å². The van der Waals surface area contributed by atoms with Crippen LogP contribution in [-0.4, -0.2) is 25.9 Å². The van der Waals surface area contributed by atoms with E-state index in [0.717, 1.165) is 0 Å². The van der Waals surface area contributed by atoms with Gasteiger partial charge in [-0.2, -0.15) is 0 Å². The van der Waals surface area contributed by atoms with E-state index in [4.69, 9.17) is 0 Å². The van der Waals surface area contributed by atoms with Gasteiger partial charge < -0.3 is 9.11 Å². The second-order valence-corrected chi connectivity index (χ2v) is 3.84. The summed E-state index contributed by atoms with van der Waals surface area (Å²) in [6, 6.07) is 0. The molecule has 0 saturated carbocycles. The molecule has 0 unspecified atom stereocenters. The molecule has 88 valence electrons. The molecule has 0 N–H and O–H groups in total. The molecule has 15 heavy (non-hydrogen) atoms. The monoisotopic (exact) mass is 296 g/mol. The van der Waals surface area contributed by atoms with Crippen molar-refractivity contribution in [2.45, 2.75) is 13.8 Å². The Morgan fingerprint density at radius 3 is 1.00 bits per heavy atom. The molecule has 0 aliphatic rings. The molecular weight excluding hydrogens is 291 g/mol. The topological polar surface area (TPSA) is 114 Å². The fourth-order valence-corrected chi connectivity index (χ4v) is 0.750. The molecule has 0 aliphatic carbocycles. The van der Waals surface area contributed by atoms with Gasteiger partial charge in [0.2, 0.25) is 0 Å². The van der Waals surface area contributed by atoms with Crippen LogP contribution < -0.4 is 0 Å². The molecule has 0 fully saturated rings. The average molecular weight is 297 g/mol. The number of rotatable bonds is 0. The molecule has 9 heteroatoms. The van der Waals surface area contributed by atoms with Gasteiger partial charge >= 0.3 is 16.5 Å². The Bertz CT molecular complexity index is 433. The van der Waals surface area contributed by atoms with E-state index in [1.54, 1.807) is 0 Å². The minimum Gasteiger partial charge on any atom is -0.738 e. The van der Waals surface area contributed by atoms with Crippen molar-refractivity contribution in [3.63, 3.8) is 0 Å². The zero-order valence-corrected chi connectivity index (χ0v) is 10.2. The zero-order valence-electron chi connectivity index (χ0n) is 7.58. The van der Waals surface area contributed by atoms with Crippen molar-refractivity contribution in [2.24, 2.45) is 0 Å². The maximum atomic E-state index is 9.50. The van der Waals surface area contributed by atoms with Gasteiger partial charge in [-0.25, -0.2) is 16.8 Å². The van der Waals surface area contributed by atoms with Crippen molar-refractivity contribution in [2.75, 3.05) is 0 Å². The van der Waals surface area contributed by atoms with Crippen molar-refractivity contribution >= 4 is 20.2 Å². The Morgan fingerprint density at radius 1 is 0.800 bits per heavy atom. The predicted octanol–water partition coefficient (Wildman–Crippen LogP) is -0.978. The van der Waals surface area contributed by atoms with Crippen molar-refractivity contribution < 1.29 is 42.4 Å². The minimum atomic E-state index is -4.29. The molecule has 0 atom stereocenters. The molecule has 0 spiro atoms. The summed E-state index contributed by atoms with van der Waals surface area (Å²) < 4.78 is 57.0. The van der Waals surface area contributed by atoms with Gasteiger partial charge in [-0.15, -0.1) is 0 Å². The molecule has 0 saturated heterocycles. The summed E-state index contributed by atoms with van der Waals surface area (Å²) >= 11 is 0. The first-order valence-electron chi connectivity index (χ1n) is 2.91. The summed E-state index contributed by atoms with van der Waals surface area (Å²) in [6.07, 6.45) is 0. The van der Waals surface area contributed by atoms with Crippen LogP contribution >= 0.6 is 0 Å². The van der Waals surface area contributed by atoms with Crippen molar-refractivity contribution in [1.29, 1.82) is 0 Å². The van der Waals surface area contributed by atoms with E-state index >= 15 is 0 Å². The number of hydrogen-bond acceptors (Lipinski definition) is 6. The van der Waals surface area contributed by atoms with Gasteiger partial charge in [-0.1, -0.05) is 11.8 Å². The zero-order chi connectivity index (χ0) is 11.8. The van der Waals surface area contributed by atoms with Crippen LogP contribution in [-0.2, 0) is 36.7 Å². The normalized spacial score (nSPS) is 8.80. The Hall–Kier alpha value is -0.566. The molecule has 6 nitrogen and oxygen atoms in total. The van der Waals surface area contributed by atoms with Gasteiger partial charge in [-0.05, 0) is 13.8 Å². The summed E-state index contributed by atoms with van der Waals surface area (Å²) in [5.74, 6) is 3.91. The Labute approximate surface area is 98.9 Å². The van der Waals surface area contributed by atoms with Crippen LogP contribution in [0.3, 0.4) is 0 Å². The molecule has 0 aromatic carbocycles. The first-order valence-corrected chi connectivity index (χ1v) is 5.72. The number of hydrogen-bond donors (Lipinski definition) is 0. The van der Waals surface area contributed by atoms with E-state index in [0.29, 0.717) is 0 Å². The molecule has 0 radical (unpaired) electrons. The van der Waals surface area contributed by atoms with Crippen LogP contribution in [0.5, 0.6) is 0 Å². The third kappa shape index (κ3) is 31.8. The van der Waals surface area contributed by atoms with E-state index < -0.39 is 20.2 Å². The van der Waals surface area contributed by atoms with Gasteiger partial charge in [0.1, 0.15) is 0 Å². The standard InChI is InChI=1S/2C3H4O3S.Ni/c2*1-2-3-7(4,5)6;/h2*1H3,(H,4,5,6);/q;;+2/p-2. The first kappa shape index (κ1) is 19.9. The van der Waals surface area contributed by atoms with E-state index in [2.05, 4.69) is 0 Å². The van der Waals surface area contributed by atoms with E-state index in [1.165, 1.54) is 24.4 Å². The molecule has 0 heterocycles. The van der Waals surface area contributed by atoms with Crippen LogP contribution in [0.15, 0.2) is 0 Å². The van der Waals surface area contributed by atoms with Gasteiger partial charge in [0, 0.05) is 10.5 Å². The van der Waals surface area contributed by atoms with E-state index in [9.17, 15) is 25.9 Å². The third-order valence-corrected chi connectivity index (χ3v) is 1.36. The molecule has 0 aromatic rings. The third-order valence-electron chi connectivity index (χ3n) is 0.454. The summed E-state index contributed by atoms with van der Waals surface area (Å²) in [4.78, 5) is 0. The summed E-state index contributed by atoms with van der Waals surface area (Å²) in [6.45, 7) is 2.57. The second-order valence-electron chi connectivity index (χ2n) is 1.61. The second kappa shape index (κ2) is 8.72. The first-order chi connectivity index (χ1) is 6.12. The Morgan fingerprint density at radius 2 is 1.00 bits per heavy atom. The summed E-state index contributed by atoms with van der Waals surface area (Å²) in [5, 5.41) is 2.90. The SMILES string of the molecule is CC#CS(=O)(=O)[O-].CC#CS(=O)(=O)[O-].[Ni+2]. The average Bonchev–Trinajstić information content (AvgIpc) is 1.81. The van der Waals surface area contributed by atoms with E-state index in [-0.39, 0.29) is 16.5 Å². The van der Waals surface area contributed by atoms with Crippen LogP contribution in [0.2, 0.25) is 0 Å². The van der Waals surface area contributed by atoms with Crippen LogP contribution in [0.4, 0.5) is 0 Å². The summed E-state index contributed by atoms with van der Waals surface area (Å²) in [5.41, 5.74) is 0. The predicted molar refractivity (Wildman–Crippen MR) is 46.3 cm³/mol. The largest absolute Gasteiger partial charge is 2.00 e. The van der Waals surface area contributed by atoms with Crippen molar-refractivity contribution in [3.05, 3.63) is 0 Å². The van der Waals surface area contributed by atoms with E-state index in [1.807, 2.05) is 11.8 Å². The fourth-order valence-electron chi connectivity index (χ4n) is 0.250. The van der Waals surface area contributed by atoms with Crippen LogP contribution in [0.25, 0.3) is 0 Å². The molecule has 0 bridgehead atoms. The molecule has 0 rings (SSSR count). The smallest absolute Gasteiger partial charge is 0.738 e.